The number of carbonyl (C=O) groups excluding carboxylic acids is 2. The second-order valence-electron chi connectivity index (χ2n) is 4.55. The van der Waals surface area contributed by atoms with Crippen molar-refractivity contribution in [2.45, 2.75) is 13.3 Å². The Bertz CT molecular complexity index is 737. The van der Waals surface area contributed by atoms with Gasteiger partial charge in [-0.05, 0) is 30.2 Å². The molecule has 2 rings (SSSR count). The van der Waals surface area contributed by atoms with Gasteiger partial charge in [0.1, 0.15) is 5.56 Å². The van der Waals surface area contributed by atoms with Crippen LogP contribution in [-0.2, 0) is 16.0 Å². The van der Waals surface area contributed by atoms with Crippen LogP contribution in [-0.4, -0.2) is 23.5 Å². The Hall–Kier alpha value is -2.89. The van der Waals surface area contributed by atoms with Gasteiger partial charge in [-0.1, -0.05) is 25.1 Å². The molecule has 0 spiro atoms. The van der Waals surface area contributed by atoms with Gasteiger partial charge in [0.15, 0.2) is 6.61 Å². The van der Waals surface area contributed by atoms with Crippen LogP contribution in [0.4, 0.5) is 5.69 Å². The predicted octanol–water partition coefficient (Wildman–Crippen LogP) is 1.73. The number of hydrogen-bond donors (Lipinski definition) is 2. The molecule has 2 aromatic rings. The van der Waals surface area contributed by atoms with Gasteiger partial charge in [-0.25, -0.2) is 4.79 Å². The number of pyridine rings is 1. The molecule has 114 valence electrons. The van der Waals surface area contributed by atoms with Crippen molar-refractivity contribution in [3.8, 4) is 0 Å². The van der Waals surface area contributed by atoms with E-state index < -0.39 is 24.0 Å². The van der Waals surface area contributed by atoms with Crippen LogP contribution in [0, 0.1) is 0 Å². The number of benzene rings is 1. The molecule has 2 N–H and O–H groups in total. The van der Waals surface area contributed by atoms with Gasteiger partial charge in [-0.3, -0.25) is 9.59 Å². The highest BCUT2D eigenvalue weighted by atomic mass is 16.5. The highest BCUT2D eigenvalue weighted by Crippen LogP contribution is 2.15. The lowest BCUT2D eigenvalue weighted by atomic mass is 10.1. The van der Waals surface area contributed by atoms with Crippen molar-refractivity contribution < 1.29 is 14.3 Å². The van der Waals surface area contributed by atoms with E-state index >= 15 is 0 Å². The summed E-state index contributed by atoms with van der Waals surface area (Å²) in [6.45, 7) is 1.53. The van der Waals surface area contributed by atoms with Gasteiger partial charge < -0.3 is 15.0 Å². The van der Waals surface area contributed by atoms with E-state index in [1.807, 2.05) is 25.1 Å². The quantitative estimate of drug-likeness (QED) is 0.823. The summed E-state index contributed by atoms with van der Waals surface area (Å²) in [6, 6.07) is 10.2. The summed E-state index contributed by atoms with van der Waals surface area (Å²) < 4.78 is 4.85. The van der Waals surface area contributed by atoms with Crippen LogP contribution in [0.15, 0.2) is 47.4 Å². The summed E-state index contributed by atoms with van der Waals surface area (Å²) in [4.78, 5) is 37.3. The molecule has 1 heterocycles. The Morgan fingerprint density at radius 3 is 2.68 bits per heavy atom. The minimum absolute atomic E-state index is 0.135. The molecule has 0 atom stereocenters. The number of anilines is 1. The van der Waals surface area contributed by atoms with E-state index in [0.29, 0.717) is 5.69 Å². The fourth-order valence-electron chi connectivity index (χ4n) is 1.93. The topological polar surface area (TPSA) is 88.3 Å². The zero-order chi connectivity index (χ0) is 15.9. The first-order valence-electron chi connectivity index (χ1n) is 6.84. The average Bonchev–Trinajstić information content (AvgIpc) is 2.53. The van der Waals surface area contributed by atoms with Gasteiger partial charge in [0.05, 0.1) is 0 Å². The molecule has 0 fully saturated rings. The molecule has 0 radical (unpaired) electrons. The molecular formula is C16H16N2O4. The van der Waals surface area contributed by atoms with Gasteiger partial charge >= 0.3 is 5.97 Å². The molecule has 0 saturated heterocycles. The summed E-state index contributed by atoms with van der Waals surface area (Å²) in [7, 11) is 0. The van der Waals surface area contributed by atoms with Crippen LogP contribution >= 0.6 is 0 Å². The molecular weight excluding hydrogens is 284 g/mol. The number of aromatic amines is 1. The van der Waals surface area contributed by atoms with Gasteiger partial charge in [0.25, 0.3) is 11.5 Å². The molecule has 0 bridgehead atoms. The second-order valence-corrected chi connectivity index (χ2v) is 4.55. The summed E-state index contributed by atoms with van der Waals surface area (Å²) >= 11 is 0. The van der Waals surface area contributed by atoms with Gasteiger partial charge in [0, 0.05) is 11.9 Å². The number of para-hydroxylation sites is 1. The van der Waals surface area contributed by atoms with E-state index in [2.05, 4.69) is 10.3 Å². The lowest BCUT2D eigenvalue weighted by molar-refractivity contribution is -0.119. The smallest absolute Gasteiger partial charge is 0.344 e. The van der Waals surface area contributed by atoms with Crippen molar-refractivity contribution in [3.63, 3.8) is 0 Å². The van der Waals surface area contributed by atoms with Crippen molar-refractivity contribution in [1.82, 2.24) is 4.98 Å². The number of amides is 1. The molecule has 0 aliphatic carbocycles. The maximum absolute atomic E-state index is 11.8. The minimum Gasteiger partial charge on any atom is -0.452 e. The Labute approximate surface area is 127 Å². The van der Waals surface area contributed by atoms with E-state index in [4.69, 9.17) is 4.74 Å². The van der Waals surface area contributed by atoms with E-state index in [-0.39, 0.29) is 5.56 Å². The molecule has 22 heavy (non-hydrogen) atoms. The normalized spacial score (nSPS) is 10.0. The second kappa shape index (κ2) is 7.21. The third-order valence-electron chi connectivity index (χ3n) is 3.04. The molecule has 1 aromatic carbocycles. The molecule has 6 nitrogen and oxygen atoms in total. The SMILES string of the molecule is CCc1ccccc1NC(=O)COC(=O)c1ccc[nH]c1=O. The van der Waals surface area contributed by atoms with Crippen LogP contribution in [0.5, 0.6) is 0 Å². The highest BCUT2D eigenvalue weighted by molar-refractivity contribution is 5.95. The lowest BCUT2D eigenvalue weighted by Crippen LogP contribution is -2.24. The van der Waals surface area contributed by atoms with Crippen LogP contribution in [0.2, 0.25) is 0 Å². The van der Waals surface area contributed by atoms with Crippen molar-refractivity contribution >= 4 is 17.6 Å². The number of hydrogen-bond acceptors (Lipinski definition) is 4. The van der Waals surface area contributed by atoms with Crippen molar-refractivity contribution in [3.05, 3.63) is 64.1 Å². The highest BCUT2D eigenvalue weighted by Gasteiger charge is 2.13. The standard InChI is InChI=1S/C16H16N2O4/c1-2-11-6-3-4-8-13(11)18-14(19)10-22-16(21)12-7-5-9-17-15(12)20/h3-9H,2,10H2,1H3,(H,17,20)(H,18,19). The number of aromatic nitrogens is 1. The Balaban J connectivity index is 1.95. The Morgan fingerprint density at radius 1 is 1.18 bits per heavy atom. The molecule has 0 saturated carbocycles. The number of aryl methyl sites for hydroxylation is 1. The molecule has 1 amide bonds. The summed E-state index contributed by atoms with van der Waals surface area (Å²) in [6.07, 6.45) is 2.18. The number of nitrogens with one attached hydrogen (secondary N) is 2. The number of H-pyrrole nitrogens is 1. The number of esters is 1. The van der Waals surface area contributed by atoms with Crippen LogP contribution < -0.4 is 10.9 Å². The van der Waals surface area contributed by atoms with Crippen molar-refractivity contribution in [2.24, 2.45) is 0 Å². The fraction of sp³-hybridized carbons (Fsp3) is 0.188. The zero-order valence-corrected chi connectivity index (χ0v) is 12.1. The first-order valence-corrected chi connectivity index (χ1v) is 6.84. The van der Waals surface area contributed by atoms with E-state index in [1.165, 1.54) is 18.3 Å². The zero-order valence-electron chi connectivity index (χ0n) is 12.1. The molecule has 1 aromatic heterocycles. The molecule has 0 aliphatic rings. The maximum atomic E-state index is 11.8. The summed E-state index contributed by atoms with van der Waals surface area (Å²) in [5, 5.41) is 2.68. The minimum atomic E-state index is -0.833. The fourth-order valence-corrected chi connectivity index (χ4v) is 1.93. The molecule has 6 heteroatoms. The summed E-state index contributed by atoms with van der Waals surface area (Å²) in [5.74, 6) is -1.29. The van der Waals surface area contributed by atoms with E-state index in [9.17, 15) is 14.4 Å². The van der Waals surface area contributed by atoms with Crippen molar-refractivity contribution in [1.29, 1.82) is 0 Å². The van der Waals surface area contributed by atoms with Gasteiger partial charge in [0.2, 0.25) is 0 Å². The number of rotatable bonds is 5. The third kappa shape index (κ3) is 3.82. The first-order chi connectivity index (χ1) is 10.6. The largest absolute Gasteiger partial charge is 0.452 e. The summed E-state index contributed by atoms with van der Waals surface area (Å²) in [5.41, 5.74) is 0.985. The third-order valence-corrected chi connectivity index (χ3v) is 3.04. The van der Waals surface area contributed by atoms with E-state index in [0.717, 1.165) is 12.0 Å². The lowest BCUT2D eigenvalue weighted by Gasteiger charge is -2.09. The monoisotopic (exact) mass is 300 g/mol. The van der Waals surface area contributed by atoms with Crippen LogP contribution in [0.3, 0.4) is 0 Å². The van der Waals surface area contributed by atoms with Crippen molar-refractivity contribution in [2.75, 3.05) is 11.9 Å². The van der Waals surface area contributed by atoms with Gasteiger partial charge in [-0.2, -0.15) is 0 Å². The number of ether oxygens (including phenoxy) is 1. The molecule has 0 unspecified atom stereocenters. The average molecular weight is 300 g/mol. The first kappa shape index (κ1) is 15.5. The Morgan fingerprint density at radius 2 is 1.95 bits per heavy atom. The maximum Gasteiger partial charge on any atom is 0.344 e. The van der Waals surface area contributed by atoms with Crippen LogP contribution in [0.25, 0.3) is 0 Å². The predicted molar refractivity (Wildman–Crippen MR) is 81.8 cm³/mol. The molecule has 0 aliphatic heterocycles. The van der Waals surface area contributed by atoms with Crippen LogP contribution in [0.1, 0.15) is 22.8 Å². The number of carbonyl (C=O) groups is 2. The van der Waals surface area contributed by atoms with E-state index in [1.54, 1.807) is 6.07 Å². The van der Waals surface area contributed by atoms with Gasteiger partial charge in [-0.15, -0.1) is 0 Å². The Kier molecular flexibility index (Phi) is 5.08.